The quantitative estimate of drug-likeness (QED) is 0.602. The lowest BCUT2D eigenvalue weighted by atomic mass is 10.1. The molecule has 0 rings (SSSR count). The summed E-state index contributed by atoms with van der Waals surface area (Å²) in [6.45, 7) is 1.97. The SMILES string of the molecule is CCCCC(N)CCOCC(F)F. The van der Waals surface area contributed by atoms with E-state index in [1.165, 1.54) is 0 Å². The van der Waals surface area contributed by atoms with Crippen molar-refractivity contribution in [3.63, 3.8) is 0 Å². The zero-order chi connectivity index (χ0) is 10.1. The fraction of sp³-hybridized carbons (Fsp3) is 1.00. The second kappa shape index (κ2) is 8.38. The average Bonchev–Trinajstić information content (AvgIpc) is 2.08. The van der Waals surface area contributed by atoms with Gasteiger partial charge in [0.15, 0.2) is 0 Å². The maximum Gasteiger partial charge on any atom is 0.261 e. The molecule has 2 N–H and O–H groups in total. The fourth-order valence-corrected chi connectivity index (χ4v) is 1.02. The number of halogens is 2. The molecule has 0 aliphatic carbocycles. The first-order chi connectivity index (χ1) is 6.16. The highest BCUT2D eigenvalue weighted by Gasteiger charge is 2.04. The van der Waals surface area contributed by atoms with Crippen molar-refractivity contribution in [2.75, 3.05) is 13.2 Å². The minimum absolute atomic E-state index is 0.0950. The van der Waals surface area contributed by atoms with Crippen LogP contribution in [-0.2, 0) is 4.74 Å². The molecule has 0 saturated heterocycles. The molecule has 80 valence electrons. The molecule has 0 aromatic heterocycles. The van der Waals surface area contributed by atoms with Gasteiger partial charge in [-0.25, -0.2) is 8.78 Å². The number of ether oxygens (including phenoxy) is 1. The molecule has 1 atom stereocenters. The number of nitrogens with two attached hydrogens (primary N) is 1. The second-order valence-corrected chi connectivity index (χ2v) is 3.16. The molecular weight excluding hydrogens is 176 g/mol. The largest absolute Gasteiger partial charge is 0.375 e. The van der Waals surface area contributed by atoms with E-state index in [1.807, 2.05) is 0 Å². The van der Waals surface area contributed by atoms with E-state index in [-0.39, 0.29) is 6.04 Å². The summed E-state index contributed by atoms with van der Waals surface area (Å²) in [5.74, 6) is 0. The maximum absolute atomic E-state index is 11.6. The maximum atomic E-state index is 11.6. The number of unbranched alkanes of at least 4 members (excludes halogenated alkanes) is 1. The van der Waals surface area contributed by atoms with E-state index in [0.717, 1.165) is 19.3 Å². The van der Waals surface area contributed by atoms with Gasteiger partial charge < -0.3 is 10.5 Å². The van der Waals surface area contributed by atoms with Gasteiger partial charge in [-0.2, -0.15) is 0 Å². The molecule has 0 heterocycles. The van der Waals surface area contributed by atoms with Crippen LogP contribution in [0.4, 0.5) is 8.78 Å². The molecule has 4 heteroatoms. The van der Waals surface area contributed by atoms with Crippen LogP contribution >= 0.6 is 0 Å². The van der Waals surface area contributed by atoms with Crippen LogP contribution in [0.5, 0.6) is 0 Å². The van der Waals surface area contributed by atoms with Crippen molar-refractivity contribution >= 4 is 0 Å². The Kier molecular flexibility index (Phi) is 8.24. The lowest BCUT2D eigenvalue weighted by Crippen LogP contribution is -2.22. The van der Waals surface area contributed by atoms with Gasteiger partial charge in [0, 0.05) is 12.6 Å². The van der Waals surface area contributed by atoms with Gasteiger partial charge in [-0.1, -0.05) is 19.8 Å². The molecule has 0 aliphatic heterocycles. The Bertz CT molecular complexity index is 112. The highest BCUT2D eigenvalue weighted by atomic mass is 19.3. The third-order valence-corrected chi connectivity index (χ3v) is 1.81. The Morgan fingerprint density at radius 3 is 2.54 bits per heavy atom. The molecule has 2 nitrogen and oxygen atoms in total. The molecule has 0 radical (unpaired) electrons. The van der Waals surface area contributed by atoms with Crippen LogP contribution in [0.25, 0.3) is 0 Å². The average molecular weight is 195 g/mol. The molecule has 0 saturated carbocycles. The number of rotatable bonds is 8. The monoisotopic (exact) mass is 195 g/mol. The zero-order valence-corrected chi connectivity index (χ0v) is 8.14. The van der Waals surface area contributed by atoms with E-state index in [0.29, 0.717) is 13.0 Å². The molecule has 0 aliphatic rings. The minimum atomic E-state index is -2.37. The Hall–Kier alpha value is -0.220. The smallest absolute Gasteiger partial charge is 0.261 e. The molecule has 13 heavy (non-hydrogen) atoms. The van der Waals surface area contributed by atoms with Crippen molar-refractivity contribution < 1.29 is 13.5 Å². The Labute approximate surface area is 78.4 Å². The summed E-state index contributed by atoms with van der Waals surface area (Å²) < 4.78 is 27.9. The van der Waals surface area contributed by atoms with Crippen molar-refractivity contribution in [2.45, 2.75) is 45.1 Å². The summed E-state index contributed by atoms with van der Waals surface area (Å²) in [4.78, 5) is 0. The number of hydrogen-bond donors (Lipinski definition) is 1. The first kappa shape index (κ1) is 12.8. The molecule has 0 amide bonds. The predicted molar refractivity (Wildman–Crippen MR) is 48.9 cm³/mol. The van der Waals surface area contributed by atoms with Crippen molar-refractivity contribution in [3.05, 3.63) is 0 Å². The number of hydrogen-bond acceptors (Lipinski definition) is 2. The van der Waals surface area contributed by atoms with E-state index in [1.54, 1.807) is 0 Å². The Morgan fingerprint density at radius 1 is 1.31 bits per heavy atom. The summed E-state index contributed by atoms with van der Waals surface area (Å²) in [5.41, 5.74) is 5.71. The summed E-state index contributed by atoms with van der Waals surface area (Å²) in [6, 6.07) is 0.0950. The van der Waals surface area contributed by atoms with Crippen molar-refractivity contribution in [1.29, 1.82) is 0 Å². The van der Waals surface area contributed by atoms with Gasteiger partial charge in [0.25, 0.3) is 6.43 Å². The normalized spacial score (nSPS) is 13.6. The van der Waals surface area contributed by atoms with E-state index < -0.39 is 13.0 Å². The zero-order valence-electron chi connectivity index (χ0n) is 8.14. The first-order valence-corrected chi connectivity index (χ1v) is 4.78. The van der Waals surface area contributed by atoms with E-state index >= 15 is 0 Å². The van der Waals surface area contributed by atoms with Gasteiger partial charge in [0.1, 0.15) is 6.61 Å². The van der Waals surface area contributed by atoms with Crippen LogP contribution in [0, 0.1) is 0 Å². The van der Waals surface area contributed by atoms with Crippen molar-refractivity contribution in [2.24, 2.45) is 5.73 Å². The first-order valence-electron chi connectivity index (χ1n) is 4.78. The van der Waals surface area contributed by atoms with Crippen molar-refractivity contribution in [1.82, 2.24) is 0 Å². The van der Waals surface area contributed by atoms with Crippen LogP contribution in [0.1, 0.15) is 32.6 Å². The molecule has 0 aromatic rings. The van der Waals surface area contributed by atoms with E-state index in [9.17, 15) is 8.78 Å². The summed E-state index contributed by atoms with van der Waals surface area (Å²) >= 11 is 0. The van der Waals surface area contributed by atoms with Gasteiger partial charge in [-0.3, -0.25) is 0 Å². The molecule has 0 bridgehead atoms. The predicted octanol–water partition coefficient (Wildman–Crippen LogP) is 2.18. The lowest BCUT2D eigenvalue weighted by Gasteiger charge is -2.10. The molecule has 0 aromatic carbocycles. The van der Waals surface area contributed by atoms with Gasteiger partial charge in [-0.15, -0.1) is 0 Å². The molecule has 0 fully saturated rings. The fourth-order valence-electron chi connectivity index (χ4n) is 1.02. The Balaban J connectivity index is 3.12. The Morgan fingerprint density at radius 2 is 2.00 bits per heavy atom. The summed E-state index contributed by atoms with van der Waals surface area (Å²) in [6.07, 6.45) is 1.47. The molecular formula is C9H19F2NO. The summed E-state index contributed by atoms with van der Waals surface area (Å²) in [5, 5.41) is 0. The third-order valence-electron chi connectivity index (χ3n) is 1.81. The van der Waals surface area contributed by atoms with Gasteiger partial charge in [0.2, 0.25) is 0 Å². The van der Waals surface area contributed by atoms with Crippen LogP contribution < -0.4 is 5.73 Å². The van der Waals surface area contributed by atoms with Crippen LogP contribution in [0.15, 0.2) is 0 Å². The van der Waals surface area contributed by atoms with Crippen LogP contribution in [0.2, 0.25) is 0 Å². The lowest BCUT2D eigenvalue weighted by molar-refractivity contribution is 0.0151. The number of alkyl halides is 2. The standard InChI is InChI=1S/C9H19F2NO/c1-2-3-4-8(12)5-6-13-7-9(10)11/h8-9H,2-7,12H2,1H3. The molecule has 0 spiro atoms. The van der Waals surface area contributed by atoms with Crippen LogP contribution in [-0.4, -0.2) is 25.7 Å². The van der Waals surface area contributed by atoms with Gasteiger partial charge in [-0.05, 0) is 12.8 Å². The topological polar surface area (TPSA) is 35.2 Å². The third kappa shape index (κ3) is 9.70. The van der Waals surface area contributed by atoms with E-state index in [2.05, 4.69) is 6.92 Å². The highest BCUT2D eigenvalue weighted by molar-refractivity contribution is 4.59. The van der Waals surface area contributed by atoms with E-state index in [4.69, 9.17) is 10.5 Å². The summed E-state index contributed by atoms with van der Waals surface area (Å²) in [7, 11) is 0. The van der Waals surface area contributed by atoms with Gasteiger partial charge >= 0.3 is 0 Å². The molecule has 1 unspecified atom stereocenters. The minimum Gasteiger partial charge on any atom is -0.375 e. The highest BCUT2D eigenvalue weighted by Crippen LogP contribution is 2.02. The van der Waals surface area contributed by atoms with Crippen molar-refractivity contribution in [3.8, 4) is 0 Å². The van der Waals surface area contributed by atoms with Crippen LogP contribution in [0.3, 0.4) is 0 Å². The second-order valence-electron chi connectivity index (χ2n) is 3.16. The van der Waals surface area contributed by atoms with Gasteiger partial charge in [0.05, 0.1) is 0 Å².